The van der Waals surface area contributed by atoms with E-state index in [2.05, 4.69) is 22.0 Å². The molecule has 2 rings (SSSR count). The summed E-state index contributed by atoms with van der Waals surface area (Å²) in [5.74, 6) is 0. The van der Waals surface area contributed by atoms with Crippen molar-refractivity contribution in [1.29, 1.82) is 0 Å². The summed E-state index contributed by atoms with van der Waals surface area (Å²) in [6, 6.07) is 0.868. The van der Waals surface area contributed by atoms with E-state index in [1.165, 1.54) is 84.3 Å². The van der Waals surface area contributed by atoms with E-state index in [4.69, 9.17) is 0 Å². The Hall–Kier alpha value is -0.120. The number of hydrogen-bond acceptors (Lipinski definition) is 3. The molecule has 0 amide bonds. The highest BCUT2D eigenvalue weighted by Gasteiger charge is 2.31. The molecule has 2 aliphatic rings. The van der Waals surface area contributed by atoms with Gasteiger partial charge in [0.1, 0.15) is 0 Å². The average molecular weight is 253 g/mol. The summed E-state index contributed by atoms with van der Waals surface area (Å²) in [6.45, 7) is 11.2. The van der Waals surface area contributed by atoms with Gasteiger partial charge in [-0.2, -0.15) is 0 Å². The fourth-order valence-electron chi connectivity index (χ4n) is 3.12. The van der Waals surface area contributed by atoms with E-state index >= 15 is 0 Å². The summed E-state index contributed by atoms with van der Waals surface area (Å²) in [5.41, 5.74) is 0. The van der Waals surface area contributed by atoms with Crippen LogP contribution in [-0.4, -0.2) is 61.7 Å². The molecule has 2 saturated heterocycles. The lowest BCUT2D eigenvalue weighted by atomic mass is 10.0. The third-order valence-electron chi connectivity index (χ3n) is 4.43. The van der Waals surface area contributed by atoms with E-state index in [1.807, 2.05) is 0 Å². The summed E-state index contributed by atoms with van der Waals surface area (Å²) in [5, 5.41) is 3.43. The van der Waals surface area contributed by atoms with Crippen LogP contribution in [-0.2, 0) is 0 Å². The van der Waals surface area contributed by atoms with E-state index in [0.717, 1.165) is 6.04 Å². The van der Waals surface area contributed by atoms with Gasteiger partial charge in [-0.25, -0.2) is 0 Å². The summed E-state index contributed by atoms with van der Waals surface area (Å²) in [6.07, 6.45) is 8.53. The Labute approximate surface area is 113 Å². The smallest absolute Gasteiger partial charge is 0.0351 e. The molecule has 3 heteroatoms. The molecule has 0 aromatic rings. The summed E-state index contributed by atoms with van der Waals surface area (Å²) < 4.78 is 0. The molecule has 0 radical (unpaired) electrons. The lowest BCUT2D eigenvalue weighted by Gasteiger charge is -2.47. The number of hydrogen-bond donors (Lipinski definition) is 1. The molecule has 0 saturated carbocycles. The maximum absolute atomic E-state index is 3.43. The predicted molar refractivity (Wildman–Crippen MR) is 78.0 cm³/mol. The quantitative estimate of drug-likeness (QED) is 0.667. The van der Waals surface area contributed by atoms with Crippen LogP contribution in [0.3, 0.4) is 0 Å². The second-order valence-corrected chi connectivity index (χ2v) is 5.97. The highest BCUT2D eigenvalue weighted by Crippen LogP contribution is 2.16. The summed E-state index contributed by atoms with van der Waals surface area (Å²) in [4.78, 5) is 5.32. The molecule has 2 fully saturated rings. The normalized spacial score (nSPS) is 23.2. The number of nitrogens with zero attached hydrogens (tertiary/aromatic N) is 2. The molecule has 0 spiro atoms. The first-order chi connectivity index (χ1) is 8.90. The van der Waals surface area contributed by atoms with Crippen molar-refractivity contribution in [2.45, 2.75) is 51.5 Å². The molecule has 0 aromatic carbocycles. The van der Waals surface area contributed by atoms with Crippen molar-refractivity contribution in [3.05, 3.63) is 0 Å². The topological polar surface area (TPSA) is 18.5 Å². The Bertz CT molecular complexity index is 208. The molecule has 3 nitrogen and oxygen atoms in total. The van der Waals surface area contributed by atoms with Gasteiger partial charge >= 0.3 is 0 Å². The van der Waals surface area contributed by atoms with Crippen molar-refractivity contribution in [1.82, 2.24) is 15.1 Å². The molecule has 0 aromatic heterocycles. The lowest BCUT2D eigenvalue weighted by molar-refractivity contribution is 0.0264. The van der Waals surface area contributed by atoms with Gasteiger partial charge in [0.15, 0.2) is 0 Å². The van der Waals surface area contributed by atoms with Gasteiger partial charge in [0.2, 0.25) is 0 Å². The number of piperazine rings is 1. The van der Waals surface area contributed by atoms with E-state index in [-0.39, 0.29) is 0 Å². The Morgan fingerprint density at radius 1 is 0.944 bits per heavy atom. The molecule has 106 valence electrons. The zero-order valence-electron chi connectivity index (χ0n) is 12.2. The Morgan fingerprint density at radius 2 is 1.61 bits per heavy atom. The standard InChI is InChI=1S/C15H31N3/c1-2-3-4-5-6-7-10-17-13-15(14-17)18-11-8-16-9-12-18/h15-16H,2-14H2,1H3. The molecule has 1 N–H and O–H groups in total. The zero-order chi connectivity index (χ0) is 12.6. The summed E-state index contributed by atoms with van der Waals surface area (Å²) >= 11 is 0. The van der Waals surface area contributed by atoms with Gasteiger partial charge in [-0.05, 0) is 13.0 Å². The van der Waals surface area contributed by atoms with Crippen LogP contribution >= 0.6 is 0 Å². The SMILES string of the molecule is CCCCCCCCN1CC(N2CCNCC2)C1. The largest absolute Gasteiger partial charge is 0.314 e. The molecular weight excluding hydrogens is 222 g/mol. The Kier molecular flexibility index (Phi) is 6.46. The highest BCUT2D eigenvalue weighted by molar-refractivity contribution is 4.89. The number of nitrogens with one attached hydrogen (secondary N) is 1. The Morgan fingerprint density at radius 3 is 2.33 bits per heavy atom. The van der Waals surface area contributed by atoms with Gasteiger partial charge in [-0.15, -0.1) is 0 Å². The highest BCUT2D eigenvalue weighted by atomic mass is 15.3. The second-order valence-electron chi connectivity index (χ2n) is 5.97. The molecular formula is C15H31N3. The van der Waals surface area contributed by atoms with E-state index in [9.17, 15) is 0 Å². The maximum atomic E-state index is 3.43. The van der Waals surface area contributed by atoms with Crippen LogP contribution in [0, 0.1) is 0 Å². The lowest BCUT2D eigenvalue weighted by Crippen LogP contribution is -2.62. The van der Waals surface area contributed by atoms with Gasteiger partial charge in [-0.3, -0.25) is 4.90 Å². The molecule has 0 aliphatic carbocycles. The van der Waals surface area contributed by atoms with E-state index in [0.29, 0.717) is 0 Å². The third kappa shape index (κ3) is 4.52. The van der Waals surface area contributed by atoms with Crippen molar-refractivity contribution < 1.29 is 0 Å². The van der Waals surface area contributed by atoms with Crippen molar-refractivity contribution in [3.8, 4) is 0 Å². The average Bonchev–Trinajstić information content (AvgIpc) is 2.36. The zero-order valence-corrected chi connectivity index (χ0v) is 12.2. The first-order valence-corrected chi connectivity index (χ1v) is 8.07. The third-order valence-corrected chi connectivity index (χ3v) is 4.43. The minimum absolute atomic E-state index is 0.868. The minimum atomic E-state index is 0.868. The first kappa shape index (κ1) is 14.3. The van der Waals surface area contributed by atoms with Gasteiger partial charge in [0.25, 0.3) is 0 Å². The van der Waals surface area contributed by atoms with Crippen LogP contribution in [0.25, 0.3) is 0 Å². The van der Waals surface area contributed by atoms with Gasteiger partial charge in [-0.1, -0.05) is 39.0 Å². The number of likely N-dealkylation sites (tertiary alicyclic amines) is 1. The first-order valence-electron chi connectivity index (χ1n) is 8.07. The van der Waals surface area contributed by atoms with Crippen molar-refractivity contribution in [2.75, 3.05) is 45.8 Å². The van der Waals surface area contributed by atoms with Crippen LogP contribution in [0.5, 0.6) is 0 Å². The second kappa shape index (κ2) is 8.13. The molecule has 0 atom stereocenters. The van der Waals surface area contributed by atoms with Gasteiger partial charge < -0.3 is 10.2 Å². The fourth-order valence-corrected chi connectivity index (χ4v) is 3.12. The molecule has 0 bridgehead atoms. The van der Waals surface area contributed by atoms with Gasteiger partial charge in [0.05, 0.1) is 0 Å². The van der Waals surface area contributed by atoms with Gasteiger partial charge in [0, 0.05) is 45.3 Å². The van der Waals surface area contributed by atoms with Crippen LogP contribution in [0.2, 0.25) is 0 Å². The van der Waals surface area contributed by atoms with Crippen LogP contribution < -0.4 is 5.32 Å². The monoisotopic (exact) mass is 253 g/mol. The number of rotatable bonds is 8. The predicted octanol–water partition coefficient (Wildman–Crippen LogP) is 1.94. The van der Waals surface area contributed by atoms with Crippen molar-refractivity contribution >= 4 is 0 Å². The van der Waals surface area contributed by atoms with Crippen molar-refractivity contribution in [3.63, 3.8) is 0 Å². The molecule has 18 heavy (non-hydrogen) atoms. The van der Waals surface area contributed by atoms with E-state index < -0.39 is 0 Å². The fraction of sp³-hybridized carbons (Fsp3) is 1.00. The molecule has 0 unspecified atom stereocenters. The number of unbranched alkanes of at least 4 members (excludes halogenated alkanes) is 5. The van der Waals surface area contributed by atoms with Crippen LogP contribution in [0.4, 0.5) is 0 Å². The molecule has 2 aliphatic heterocycles. The van der Waals surface area contributed by atoms with Crippen LogP contribution in [0.1, 0.15) is 45.4 Å². The maximum Gasteiger partial charge on any atom is 0.0351 e. The van der Waals surface area contributed by atoms with Crippen molar-refractivity contribution in [2.24, 2.45) is 0 Å². The van der Waals surface area contributed by atoms with E-state index in [1.54, 1.807) is 0 Å². The van der Waals surface area contributed by atoms with Crippen LogP contribution in [0.15, 0.2) is 0 Å². The minimum Gasteiger partial charge on any atom is -0.314 e. The molecule has 2 heterocycles. The Balaban J connectivity index is 1.43. The summed E-state index contributed by atoms with van der Waals surface area (Å²) in [7, 11) is 0.